The molecule has 0 amide bonds. The quantitative estimate of drug-likeness (QED) is 0.472. The summed E-state index contributed by atoms with van der Waals surface area (Å²) in [4.78, 5) is 7.19. The van der Waals surface area contributed by atoms with Crippen molar-refractivity contribution in [2.45, 2.75) is 51.7 Å². The predicted molar refractivity (Wildman–Crippen MR) is 128 cm³/mol. The van der Waals surface area contributed by atoms with Gasteiger partial charge in [-0.2, -0.15) is 0 Å². The standard InChI is InChI=1S/C21H24O4.C6H10N2/c1-21(2,15-3-7-17(8-4-15)22-11-19-13-24-19)16-5-9-18(10-6-16)23-12-20-14-25-20;1-3-6-7-4-5(2)8-6/h3-10,19-20H,11-14H2,1-2H3;4H,3H2,1-2H3,(H,7,8). The summed E-state index contributed by atoms with van der Waals surface area (Å²) < 4.78 is 21.8. The molecule has 3 aromatic rings. The third-order valence-corrected chi connectivity index (χ3v) is 5.92. The van der Waals surface area contributed by atoms with Gasteiger partial charge in [0.1, 0.15) is 42.7 Å². The first-order valence-corrected chi connectivity index (χ1v) is 11.6. The number of rotatable bonds is 9. The fourth-order valence-electron chi connectivity index (χ4n) is 3.46. The number of aromatic nitrogens is 2. The van der Waals surface area contributed by atoms with Crippen molar-refractivity contribution < 1.29 is 18.9 Å². The van der Waals surface area contributed by atoms with Crippen LogP contribution in [0.3, 0.4) is 0 Å². The number of benzene rings is 2. The minimum Gasteiger partial charge on any atom is -0.491 e. The highest BCUT2D eigenvalue weighted by Crippen LogP contribution is 2.33. The molecule has 5 rings (SSSR count). The summed E-state index contributed by atoms with van der Waals surface area (Å²) in [5.74, 6) is 2.85. The highest BCUT2D eigenvalue weighted by molar-refractivity contribution is 5.41. The Morgan fingerprint density at radius 3 is 1.64 bits per heavy atom. The molecular weight excluding hydrogens is 416 g/mol. The predicted octanol–water partition coefficient (Wildman–Crippen LogP) is 4.85. The van der Waals surface area contributed by atoms with Crippen LogP contribution in [-0.4, -0.2) is 48.6 Å². The molecule has 1 N–H and O–H groups in total. The van der Waals surface area contributed by atoms with Crippen LogP contribution in [0, 0.1) is 6.92 Å². The van der Waals surface area contributed by atoms with E-state index < -0.39 is 0 Å². The van der Waals surface area contributed by atoms with Crippen LogP contribution in [0.5, 0.6) is 11.5 Å². The van der Waals surface area contributed by atoms with Gasteiger partial charge < -0.3 is 23.9 Å². The van der Waals surface area contributed by atoms with Gasteiger partial charge in [0.25, 0.3) is 0 Å². The molecule has 1 aromatic heterocycles. The maximum absolute atomic E-state index is 5.72. The summed E-state index contributed by atoms with van der Waals surface area (Å²) in [5.41, 5.74) is 3.56. The molecule has 6 nitrogen and oxygen atoms in total. The largest absolute Gasteiger partial charge is 0.491 e. The van der Waals surface area contributed by atoms with E-state index in [1.54, 1.807) is 0 Å². The second-order valence-electron chi connectivity index (χ2n) is 9.07. The van der Waals surface area contributed by atoms with Gasteiger partial charge in [0.15, 0.2) is 0 Å². The summed E-state index contributed by atoms with van der Waals surface area (Å²) >= 11 is 0. The van der Waals surface area contributed by atoms with Gasteiger partial charge in [0.05, 0.1) is 13.2 Å². The lowest BCUT2D eigenvalue weighted by molar-refractivity contribution is 0.263. The fourth-order valence-corrected chi connectivity index (χ4v) is 3.46. The van der Waals surface area contributed by atoms with E-state index in [-0.39, 0.29) is 17.6 Å². The van der Waals surface area contributed by atoms with Gasteiger partial charge in [0.2, 0.25) is 0 Å². The van der Waals surface area contributed by atoms with Crippen LogP contribution in [-0.2, 0) is 21.3 Å². The second-order valence-corrected chi connectivity index (χ2v) is 9.07. The maximum Gasteiger partial charge on any atom is 0.119 e. The molecule has 2 aliphatic heterocycles. The summed E-state index contributed by atoms with van der Waals surface area (Å²) in [5, 5.41) is 0. The highest BCUT2D eigenvalue weighted by atomic mass is 16.6. The van der Waals surface area contributed by atoms with Gasteiger partial charge in [-0.1, -0.05) is 45.0 Å². The lowest BCUT2D eigenvalue weighted by Gasteiger charge is -2.26. The average Bonchev–Trinajstić information content (AvgIpc) is 3.77. The number of nitrogens with zero attached hydrogens (tertiary/aromatic N) is 1. The second kappa shape index (κ2) is 10.4. The molecule has 0 radical (unpaired) electrons. The van der Waals surface area contributed by atoms with Crippen LogP contribution in [0.1, 0.15) is 43.4 Å². The van der Waals surface area contributed by atoms with Gasteiger partial charge in [-0.25, -0.2) is 4.98 Å². The molecule has 2 aliphatic rings. The number of nitrogens with one attached hydrogen (secondary N) is 1. The molecule has 176 valence electrons. The number of hydrogen-bond acceptors (Lipinski definition) is 5. The first-order chi connectivity index (χ1) is 15.9. The zero-order valence-electron chi connectivity index (χ0n) is 20.0. The van der Waals surface area contributed by atoms with E-state index in [0.717, 1.165) is 42.7 Å². The van der Waals surface area contributed by atoms with E-state index in [1.165, 1.54) is 11.1 Å². The number of epoxide rings is 2. The molecule has 0 spiro atoms. The van der Waals surface area contributed by atoms with Crippen LogP contribution in [0.25, 0.3) is 0 Å². The van der Waals surface area contributed by atoms with Crippen molar-refractivity contribution in [1.29, 1.82) is 0 Å². The molecule has 2 saturated heterocycles. The summed E-state index contributed by atoms with van der Waals surface area (Å²) in [6.45, 7) is 11.5. The smallest absolute Gasteiger partial charge is 0.119 e. The fraction of sp³-hybridized carbons (Fsp3) is 0.444. The average molecular weight is 451 g/mol. The summed E-state index contributed by atoms with van der Waals surface area (Å²) in [6.07, 6.45) is 3.40. The molecule has 33 heavy (non-hydrogen) atoms. The number of aryl methyl sites for hydroxylation is 2. The molecule has 3 heterocycles. The SMILES string of the molecule is CC(C)(c1ccc(OCC2CO2)cc1)c1ccc(OCC2CO2)cc1.CCc1ncc(C)[nH]1. The van der Waals surface area contributed by atoms with Gasteiger partial charge in [0, 0.05) is 23.7 Å². The van der Waals surface area contributed by atoms with Gasteiger partial charge in [-0.05, 0) is 42.3 Å². The molecule has 2 unspecified atom stereocenters. The van der Waals surface area contributed by atoms with Crippen molar-refractivity contribution >= 4 is 0 Å². The van der Waals surface area contributed by atoms with Gasteiger partial charge in [-0.15, -0.1) is 0 Å². The van der Waals surface area contributed by atoms with E-state index in [4.69, 9.17) is 18.9 Å². The Morgan fingerprint density at radius 2 is 1.33 bits per heavy atom. The number of H-pyrrole nitrogens is 1. The van der Waals surface area contributed by atoms with E-state index in [2.05, 4.69) is 55.0 Å². The Hall–Kier alpha value is -2.83. The lowest BCUT2D eigenvalue weighted by atomic mass is 9.78. The summed E-state index contributed by atoms with van der Waals surface area (Å²) in [7, 11) is 0. The van der Waals surface area contributed by atoms with E-state index in [0.29, 0.717) is 13.2 Å². The Bertz CT molecular complexity index is 942. The van der Waals surface area contributed by atoms with Gasteiger partial charge >= 0.3 is 0 Å². The van der Waals surface area contributed by atoms with Crippen LogP contribution in [0.2, 0.25) is 0 Å². The molecule has 2 aromatic carbocycles. The van der Waals surface area contributed by atoms with Crippen molar-refractivity contribution in [2.75, 3.05) is 26.4 Å². The molecule has 6 heteroatoms. The number of hydrogen-bond donors (Lipinski definition) is 1. The van der Waals surface area contributed by atoms with Crippen LogP contribution < -0.4 is 9.47 Å². The highest BCUT2D eigenvalue weighted by Gasteiger charge is 2.25. The van der Waals surface area contributed by atoms with Crippen molar-refractivity contribution in [3.8, 4) is 11.5 Å². The van der Waals surface area contributed by atoms with Crippen molar-refractivity contribution in [1.82, 2.24) is 9.97 Å². The molecule has 0 bridgehead atoms. The number of ether oxygens (including phenoxy) is 4. The van der Waals surface area contributed by atoms with E-state index in [1.807, 2.05) is 37.4 Å². The van der Waals surface area contributed by atoms with Crippen molar-refractivity contribution in [3.05, 3.63) is 77.4 Å². The number of aromatic amines is 1. The third kappa shape index (κ3) is 6.83. The minimum atomic E-state index is -0.0870. The molecular formula is C27H34N2O4. The third-order valence-electron chi connectivity index (χ3n) is 5.92. The Balaban J connectivity index is 0.000000275. The maximum atomic E-state index is 5.72. The Morgan fingerprint density at radius 1 is 0.879 bits per heavy atom. The van der Waals surface area contributed by atoms with Crippen molar-refractivity contribution in [2.24, 2.45) is 0 Å². The molecule has 2 atom stereocenters. The molecule has 0 aliphatic carbocycles. The Labute approximate surface area is 196 Å². The zero-order valence-corrected chi connectivity index (χ0v) is 20.0. The molecule has 2 fully saturated rings. The lowest BCUT2D eigenvalue weighted by Crippen LogP contribution is -2.18. The Kier molecular flexibility index (Phi) is 7.36. The van der Waals surface area contributed by atoms with E-state index in [9.17, 15) is 0 Å². The van der Waals surface area contributed by atoms with Crippen LogP contribution >= 0.6 is 0 Å². The van der Waals surface area contributed by atoms with E-state index >= 15 is 0 Å². The minimum absolute atomic E-state index is 0.0870. The zero-order chi connectivity index (χ0) is 23.3. The van der Waals surface area contributed by atoms with Crippen LogP contribution in [0.15, 0.2) is 54.7 Å². The van der Waals surface area contributed by atoms with Crippen molar-refractivity contribution in [3.63, 3.8) is 0 Å². The van der Waals surface area contributed by atoms with Gasteiger partial charge in [-0.3, -0.25) is 0 Å². The number of imidazole rings is 1. The topological polar surface area (TPSA) is 72.2 Å². The molecule has 0 saturated carbocycles. The first kappa shape index (κ1) is 23.3. The normalized spacial score (nSPS) is 18.8. The summed E-state index contributed by atoms with van der Waals surface area (Å²) in [6, 6.07) is 16.7. The van der Waals surface area contributed by atoms with Crippen LogP contribution in [0.4, 0.5) is 0 Å². The first-order valence-electron chi connectivity index (χ1n) is 11.6. The monoisotopic (exact) mass is 450 g/mol.